The van der Waals surface area contributed by atoms with Gasteiger partial charge in [0.2, 0.25) is 11.8 Å². The number of benzene rings is 2. The maximum Gasteiger partial charge on any atom is 0.246 e. The second kappa shape index (κ2) is 12.9. The quantitative estimate of drug-likeness (QED) is 0.210. The fourth-order valence-corrected chi connectivity index (χ4v) is 8.12. The number of halogens is 4. The highest BCUT2D eigenvalue weighted by Gasteiger charge is 2.33. The van der Waals surface area contributed by atoms with Gasteiger partial charge in [0.15, 0.2) is 0 Å². The molecule has 216 valence electrons. The van der Waals surface area contributed by atoms with E-state index in [0.29, 0.717) is 46.0 Å². The number of fused-ring (bicyclic) bond motifs is 2. The number of amides is 2. The molecule has 2 aliphatic heterocycles. The lowest BCUT2D eigenvalue weighted by molar-refractivity contribution is -0.127. The molecule has 42 heavy (non-hydrogen) atoms. The van der Waals surface area contributed by atoms with Crippen molar-refractivity contribution in [3.63, 3.8) is 0 Å². The standard InChI is InChI=1S/2C16H13ClFNOS/c2*1-2-16(20)19-8-12(10-5-3-4-6-13(10)18)11-7-15(17)21-14(11)9-19/h2*2-7,12H,1,8-9H2/t2*12-/m10/s1. The third-order valence-electron chi connectivity index (χ3n) is 7.38. The Morgan fingerprint density at radius 3 is 1.45 bits per heavy atom. The largest absolute Gasteiger partial charge is 0.333 e. The van der Waals surface area contributed by atoms with Crippen LogP contribution in [0.1, 0.15) is 43.8 Å². The average molecular weight is 644 g/mol. The van der Waals surface area contributed by atoms with Crippen LogP contribution in [0.4, 0.5) is 8.78 Å². The van der Waals surface area contributed by atoms with Crippen LogP contribution in [0.2, 0.25) is 8.67 Å². The van der Waals surface area contributed by atoms with Crippen LogP contribution >= 0.6 is 45.9 Å². The van der Waals surface area contributed by atoms with E-state index >= 15 is 0 Å². The molecule has 0 fully saturated rings. The van der Waals surface area contributed by atoms with Crippen LogP contribution in [0.5, 0.6) is 0 Å². The predicted octanol–water partition coefficient (Wildman–Crippen LogP) is 8.40. The van der Waals surface area contributed by atoms with Crippen molar-refractivity contribution in [2.45, 2.75) is 24.9 Å². The summed E-state index contributed by atoms with van der Waals surface area (Å²) in [5.74, 6) is -1.20. The maximum absolute atomic E-state index is 14.1. The Balaban J connectivity index is 0.000000168. The van der Waals surface area contributed by atoms with Gasteiger partial charge in [-0.2, -0.15) is 0 Å². The zero-order chi connectivity index (χ0) is 30.0. The maximum atomic E-state index is 14.1. The molecule has 0 unspecified atom stereocenters. The molecule has 10 heteroatoms. The van der Waals surface area contributed by atoms with Crippen LogP contribution in [0.25, 0.3) is 0 Å². The second-order valence-electron chi connectivity index (χ2n) is 9.85. The van der Waals surface area contributed by atoms with Crippen LogP contribution in [0, 0.1) is 11.6 Å². The Morgan fingerprint density at radius 2 is 1.10 bits per heavy atom. The summed E-state index contributed by atoms with van der Waals surface area (Å²) in [7, 11) is 0. The average Bonchev–Trinajstić information content (AvgIpc) is 3.56. The van der Waals surface area contributed by atoms with Crippen molar-refractivity contribution < 1.29 is 18.4 Å². The van der Waals surface area contributed by atoms with Gasteiger partial charge in [-0.1, -0.05) is 72.8 Å². The van der Waals surface area contributed by atoms with Crippen LogP contribution in [0.3, 0.4) is 0 Å². The fraction of sp³-hybridized carbons (Fsp3) is 0.188. The predicted molar refractivity (Wildman–Crippen MR) is 166 cm³/mol. The smallest absolute Gasteiger partial charge is 0.246 e. The van der Waals surface area contributed by atoms with E-state index in [9.17, 15) is 18.4 Å². The van der Waals surface area contributed by atoms with Crippen LogP contribution in [0.15, 0.2) is 86.0 Å². The first kappa shape index (κ1) is 30.2. The van der Waals surface area contributed by atoms with Crippen molar-refractivity contribution in [3.05, 3.63) is 138 Å². The van der Waals surface area contributed by atoms with Crippen molar-refractivity contribution in [2.75, 3.05) is 13.1 Å². The summed E-state index contributed by atoms with van der Waals surface area (Å²) < 4.78 is 29.6. The second-order valence-corrected chi connectivity index (χ2v) is 13.4. The molecule has 0 N–H and O–H groups in total. The van der Waals surface area contributed by atoms with Gasteiger partial charge in [-0.05, 0) is 58.7 Å². The number of thiophene rings is 2. The molecule has 2 aromatic heterocycles. The van der Waals surface area contributed by atoms with Crippen molar-refractivity contribution >= 4 is 57.7 Å². The van der Waals surface area contributed by atoms with Crippen molar-refractivity contribution in [3.8, 4) is 0 Å². The number of carbonyl (C=O) groups is 2. The van der Waals surface area contributed by atoms with E-state index in [1.165, 1.54) is 47.0 Å². The first-order valence-corrected chi connectivity index (χ1v) is 15.5. The number of nitrogens with zero attached hydrogens (tertiary/aromatic N) is 2. The lowest BCUT2D eigenvalue weighted by Gasteiger charge is -2.32. The molecule has 0 aliphatic carbocycles. The molecule has 2 amide bonds. The molecular formula is C32H26Cl2F2N2O2S2. The number of hydrogen-bond acceptors (Lipinski definition) is 4. The zero-order valence-electron chi connectivity index (χ0n) is 22.4. The first-order chi connectivity index (χ1) is 20.2. The first-order valence-electron chi connectivity index (χ1n) is 13.1. The lowest BCUT2D eigenvalue weighted by Crippen LogP contribution is -2.37. The molecule has 2 atom stereocenters. The normalized spacial score (nSPS) is 17.4. The van der Waals surface area contributed by atoms with Crippen LogP contribution in [-0.4, -0.2) is 34.7 Å². The highest BCUT2D eigenvalue weighted by Crippen LogP contribution is 2.42. The summed E-state index contributed by atoms with van der Waals surface area (Å²) in [6, 6.07) is 17.1. The Kier molecular flexibility index (Phi) is 9.28. The molecule has 4 heterocycles. The van der Waals surface area contributed by atoms with Crippen LogP contribution < -0.4 is 0 Å². The SMILES string of the molecule is C=CC(=O)N1Cc2sc(Cl)cc2[C@@H](c2ccccc2F)C1.C=CC(=O)N1Cc2sc(Cl)cc2[C@H](c2ccccc2F)C1. The van der Waals surface area contributed by atoms with Gasteiger partial charge in [-0.3, -0.25) is 9.59 Å². The molecule has 4 aromatic rings. The van der Waals surface area contributed by atoms with E-state index in [2.05, 4.69) is 13.2 Å². The molecule has 2 aromatic carbocycles. The van der Waals surface area contributed by atoms with Crippen molar-refractivity contribution in [2.24, 2.45) is 0 Å². The number of hydrogen-bond donors (Lipinski definition) is 0. The minimum absolute atomic E-state index is 0.147. The Bertz CT molecular complexity index is 1550. The molecule has 0 bridgehead atoms. The summed E-state index contributed by atoms with van der Waals surface area (Å²) >= 11 is 15.1. The highest BCUT2D eigenvalue weighted by molar-refractivity contribution is 7.16. The minimum atomic E-state index is -0.260. The topological polar surface area (TPSA) is 40.6 Å². The van der Waals surface area contributed by atoms with Gasteiger partial charge < -0.3 is 9.80 Å². The fourth-order valence-electron chi connectivity index (χ4n) is 5.41. The summed E-state index contributed by atoms with van der Waals surface area (Å²) in [6.45, 7) is 8.93. The monoisotopic (exact) mass is 642 g/mol. The van der Waals surface area contributed by atoms with Crippen molar-refractivity contribution in [1.29, 1.82) is 0 Å². The van der Waals surface area contributed by atoms with Crippen LogP contribution in [-0.2, 0) is 22.7 Å². The molecule has 0 saturated carbocycles. The summed E-state index contributed by atoms with van der Waals surface area (Å²) in [6.07, 6.45) is 2.58. The molecule has 6 rings (SSSR count). The van der Waals surface area contributed by atoms with Gasteiger partial charge in [0.1, 0.15) is 11.6 Å². The van der Waals surface area contributed by atoms with E-state index in [-0.39, 0.29) is 35.3 Å². The Hall–Kier alpha value is -3.30. The van der Waals surface area contributed by atoms with Gasteiger partial charge in [0, 0.05) is 34.7 Å². The molecule has 0 spiro atoms. The van der Waals surface area contributed by atoms with E-state index in [1.807, 2.05) is 12.1 Å². The van der Waals surface area contributed by atoms with Gasteiger partial charge in [0.05, 0.1) is 21.8 Å². The lowest BCUT2D eigenvalue weighted by atomic mass is 9.88. The molecule has 0 saturated heterocycles. The number of carbonyl (C=O) groups excluding carboxylic acids is 2. The van der Waals surface area contributed by atoms with E-state index < -0.39 is 0 Å². The van der Waals surface area contributed by atoms with E-state index in [1.54, 1.807) is 46.2 Å². The third-order valence-corrected chi connectivity index (χ3v) is 9.91. The van der Waals surface area contributed by atoms with E-state index in [0.717, 1.165) is 20.9 Å². The molecule has 0 radical (unpaired) electrons. The molecular weight excluding hydrogens is 617 g/mol. The summed E-state index contributed by atoms with van der Waals surface area (Å²) in [5, 5.41) is 0. The zero-order valence-corrected chi connectivity index (χ0v) is 25.5. The van der Waals surface area contributed by atoms with Gasteiger partial charge in [-0.25, -0.2) is 8.78 Å². The third kappa shape index (κ3) is 6.22. The number of rotatable bonds is 4. The Morgan fingerprint density at radius 1 is 0.714 bits per heavy atom. The van der Waals surface area contributed by atoms with Crippen molar-refractivity contribution in [1.82, 2.24) is 9.80 Å². The van der Waals surface area contributed by atoms with Gasteiger partial charge in [-0.15, -0.1) is 22.7 Å². The summed E-state index contributed by atoms with van der Waals surface area (Å²) in [4.78, 5) is 29.2. The van der Waals surface area contributed by atoms with E-state index in [4.69, 9.17) is 23.2 Å². The minimum Gasteiger partial charge on any atom is -0.333 e. The van der Waals surface area contributed by atoms with Gasteiger partial charge >= 0.3 is 0 Å². The Labute approximate surface area is 261 Å². The molecule has 2 aliphatic rings. The summed E-state index contributed by atoms with van der Waals surface area (Å²) in [5.41, 5.74) is 3.22. The highest BCUT2D eigenvalue weighted by atomic mass is 35.5. The molecule has 4 nitrogen and oxygen atoms in total. The van der Waals surface area contributed by atoms with Gasteiger partial charge in [0.25, 0.3) is 0 Å².